The minimum absolute atomic E-state index is 0. The zero-order valence-corrected chi connectivity index (χ0v) is 12.2. The zero-order valence-electron chi connectivity index (χ0n) is 11.3. The molecule has 2 N–H and O–H groups in total. The van der Waals surface area contributed by atoms with Gasteiger partial charge < -0.3 is 9.73 Å². The molecule has 0 aliphatic carbocycles. The number of oxazole rings is 1. The fourth-order valence-corrected chi connectivity index (χ4v) is 2.13. The molecule has 1 amide bonds. The van der Waals surface area contributed by atoms with Crippen molar-refractivity contribution in [2.24, 2.45) is 0 Å². The lowest BCUT2D eigenvalue weighted by atomic mass is 10.2. The average molecular weight is 310 g/mol. The van der Waals surface area contributed by atoms with Gasteiger partial charge >= 0.3 is 0 Å². The van der Waals surface area contributed by atoms with Crippen molar-refractivity contribution in [2.45, 2.75) is 38.7 Å². The van der Waals surface area contributed by atoms with Crippen LogP contribution in [0.1, 0.15) is 23.8 Å². The standard InChI is InChI=1S/C12H17F2N3O2.ClH/c1-7-9(17-8(2)19-7)3-4-15-11(18)10-5-12(13,14)6-16-10;/h10,16H,3-6H2,1-2H3,(H,15,18);1H. The van der Waals surface area contributed by atoms with Gasteiger partial charge in [0.2, 0.25) is 5.91 Å². The van der Waals surface area contributed by atoms with Crippen molar-refractivity contribution < 1.29 is 18.0 Å². The first kappa shape index (κ1) is 16.8. The molecule has 20 heavy (non-hydrogen) atoms. The number of aromatic nitrogens is 1. The number of hydrogen-bond acceptors (Lipinski definition) is 4. The third kappa shape index (κ3) is 4.14. The summed E-state index contributed by atoms with van der Waals surface area (Å²) in [5, 5.41) is 5.15. The molecule has 114 valence electrons. The first-order valence-corrected chi connectivity index (χ1v) is 6.19. The van der Waals surface area contributed by atoms with Crippen LogP contribution < -0.4 is 10.6 Å². The second-order valence-corrected chi connectivity index (χ2v) is 4.77. The Morgan fingerprint density at radius 1 is 1.55 bits per heavy atom. The highest BCUT2D eigenvalue weighted by Crippen LogP contribution is 2.24. The molecule has 8 heteroatoms. The van der Waals surface area contributed by atoms with E-state index in [0.717, 1.165) is 11.5 Å². The largest absolute Gasteiger partial charge is 0.446 e. The monoisotopic (exact) mass is 309 g/mol. The van der Waals surface area contributed by atoms with Gasteiger partial charge in [0.05, 0.1) is 18.3 Å². The van der Waals surface area contributed by atoms with Gasteiger partial charge in [-0.05, 0) is 6.92 Å². The van der Waals surface area contributed by atoms with Crippen molar-refractivity contribution in [1.29, 1.82) is 0 Å². The normalized spacial score (nSPS) is 20.5. The molecule has 1 unspecified atom stereocenters. The summed E-state index contributed by atoms with van der Waals surface area (Å²) in [6.45, 7) is 3.47. The van der Waals surface area contributed by atoms with Crippen LogP contribution in [0.5, 0.6) is 0 Å². The Balaban J connectivity index is 0.00000200. The number of aryl methyl sites for hydroxylation is 2. The van der Waals surface area contributed by atoms with Gasteiger partial charge in [0.25, 0.3) is 5.92 Å². The molecule has 0 spiro atoms. The van der Waals surface area contributed by atoms with E-state index in [-0.39, 0.29) is 12.4 Å². The van der Waals surface area contributed by atoms with Crippen molar-refractivity contribution in [3.63, 3.8) is 0 Å². The molecule has 1 aromatic heterocycles. The van der Waals surface area contributed by atoms with Crippen LogP contribution in [0.15, 0.2) is 4.42 Å². The molecule has 2 rings (SSSR count). The molecule has 2 heterocycles. The highest BCUT2D eigenvalue weighted by atomic mass is 35.5. The molecule has 1 aromatic rings. The number of nitrogens with zero attached hydrogens (tertiary/aromatic N) is 1. The Hall–Kier alpha value is -1.21. The van der Waals surface area contributed by atoms with Crippen LogP contribution in [0.25, 0.3) is 0 Å². The lowest BCUT2D eigenvalue weighted by Gasteiger charge is -2.10. The van der Waals surface area contributed by atoms with E-state index in [1.165, 1.54) is 0 Å². The van der Waals surface area contributed by atoms with E-state index in [1.807, 2.05) is 0 Å². The van der Waals surface area contributed by atoms with Gasteiger partial charge in [0.1, 0.15) is 5.76 Å². The van der Waals surface area contributed by atoms with E-state index in [0.29, 0.717) is 18.9 Å². The Morgan fingerprint density at radius 2 is 2.25 bits per heavy atom. The molecule has 1 saturated heterocycles. The summed E-state index contributed by atoms with van der Waals surface area (Å²) in [5.74, 6) is -1.88. The Bertz CT molecular complexity index is 479. The number of hydrogen-bond donors (Lipinski definition) is 2. The molecule has 1 aliphatic heterocycles. The second-order valence-electron chi connectivity index (χ2n) is 4.77. The summed E-state index contributed by atoms with van der Waals surface area (Å²) in [6, 6.07) is -0.810. The third-order valence-electron chi connectivity index (χ3n) is 3.09. The first-order valence-electron chi connectivity index (χ1n) is 6.19. The molecular weight excluding hydrogens is 292 g/mol. The van der Waals surface area contributed by atoms with Crippen LogP contribution >= 0.6 is 12.4 Å². The van der Waals surface area contributed by atoms with Gasteiger partial charge in [0.15, 0.2) is 5.89 Å². The molecule has 0 saturated carbocycles. The van der Waals surface area contributed by atoms with E-state index in [4.69, 9.17) is 4.42 Å². The molecule has 0 aromatic carbocycles. The number of rotatable bonds is 4. The number of carbonyl (C=O) groups excluding carboxylic acids is 1. The Labute approximate surface area is 121 Å². The molecule has 1 atom stereocenters. The maximum atomic E-state index is 12.9. The first-order chi connectivity index (χ1) is 8.87. The Morgan fingerprint density at radius 3 is 2.75 bits per heavy atom. The lowest BCUT2D eigenvalue weighted by Crippen LogP contribution is -2.41. The summed E-state index contributed by atoms with van der Waals surface area (Å²) in [5.41, 5.74) is 0.780. The van der Waals surface area contributed by atoms with Crippen molar-refractivity contribution in [2.75, 3.05) is 13.1 Å². The molecule has 1 fully saturated rings. The van der Waals surface area contributed by atoms with Gasteiger partial charge in [-0.15, -0.1) is 12.4 Å². The van der Waals surface area contributed by atoms with Crippen LogP contribution in [0, 0.1) is 13.8 Å². The topological polar surface area (TPSA) is 67.2 Å². The van der Waals surface area contributed by atoms with Crippen molar-refractivity contribution in [1.82, 2.24) is 15.6 Å². The number of halogens is 3. The van der Waals surface area contributed by atoms with Gasteiger partial charge in [0, 0.05) is 26.3 Å². The fourth-order valence-electron chi connectivity index (χ4n) is 2.13. The molecular formula is C12H18ClF2N3O2. The van der Waals surface area contributed by atoms with Crippen LogP contribution in [0.4, 0.5) is 8.78 Å². The zero-order chi connectivity index (χ0) is 14.0. The van der Waals surface area contributed by atoms with E-state index >= 15 is 0 Å². The van der Waals surface area contributed by atoms with Gasteiger partial charge in [-0.1, -0.05) is 0 Å². The maximum Gasteiger partial charge on any atom is 0.262 e. The minimum Gasteiger partial charge on any atom is -0.446 e. The van der Waals surface area contributed by atoms with Gasteiger partial charge in [-0.25, -0.2) is 13.8 Å². The number of nitrogens with one attached hydrogen (secondary N) is 2. The highest BCUT2D eigenvalue weighted by molar-refractivity contribution is 5.85. The fraction of sp³-hybridized carbons (Fsp3) is 0.667. The van der Waals surface area contributed by atoms with E-state index < -0.39 is 30.8 Å². The SMILES string of the molecule is Cc1nc(CCNC(=O)C2CC(F)(F)CN2)c(C)o1.Cl. The summed E-state index contributed by atoms with van der Waals surface area (Å²) >= 11 is 0. The minimum atomic E-state index is -2.79. The van der Waals surface area contributed by atoms with E-state index in [9.17, 15) is 13.6 Å². The van der Waals surface area contributed by atoms with Crippen LogP contribution in [0.2, 0.25) is 0 Å². The highest BCUT2D eigenvalue weighted by Gasteiger charge is 2.42. The van der Waals surface area contributed by atoms with Crippen molar-refractivity contribution in [3.8, 4) is 0 Å². The predicted octanol–water partition coefficient (Wildman–Crippen LogP) is 1.37. The molecule has 5 nitrogen and oxygen atoms in total. The predicted molar refractivity (Wildman–Crippen MR) is 71.3 cm³/mol. The van der Waals surface area contributed by atoms with E-state index in [1.54, 1.807) is 13.8 Å². The van der Waals surface area contributed by atoms with Crippen LogP contribution in [-0.4, -0.2) is 35.9 Å². The van der Waals surface area contributed by atoms with Crippen molar-refractivity contribution >= 4 is 18.3 Å². The number of carbonyl (C=O) groups is 1. The third-order valence-corrected chi connectivity index (χ3v) is 3.09. The quantitative estimate of drug-likeness (QED) is 0.881. The van der Waals surface area contributed by atoms with Crippen molar-refractivity contribution in [3.05, 3.63) is 17.3 Å². The Kier molecular flexibility index (Phi) is 5.47. The molecule has 0 radical (unpaired) electrons. The maximum absolute atomic E-state index is 12.9. The molecule has 1 aliphatic rings. The number of amides is 1. The average Bonchev–Trinajstić information content (AvgIpc) is 2.82. The smallest absolute Gasteiger partial charge is 0.262 e. The van der Waals surface area contributed by atoms with Gasteiger partial charge in [-0.3, -0.25) is 10.1 Å². The number of alkyl halides is 2. The molecule has 0 bridgehead atoms. The lowest BCUT2D eigenvalue weighted by molar-refractivity contribution is -0.123. The summed E-state index contributed by atoms with van der Waals surface area (Å²) in [4.78, 5) is 15.8. The van der Waals surface area contributed by atoms with E-state index in [2.05, 4.69) is 15.6 Å². The van der Waals surface area contributed by atoms with Crippen LogP contribution in [-0.2, 0) is 11.2 Å². The summed E-state index contributed by atoms with van der Waals surface area (Å²) in [6.07, 6.45) is 0.0823. The second kappa shape index (κ2) is 6.49. The van der Waals surface area contributed by atoms with Crippen LogP contribution in [0.3, 0.4) is 0 Å². The van der Waals surface area contributed by atoms with Gasteiger partial charge in [-0.2, -0.15) is 0 Å². The summed E-state index contributed by atoms with van der Waals surface area (Å²) < 4.78 is 31.1. The summed E-state index contributed by atoms with van der Waals surface area (Å²) in [7, 11) is 0.